The lowest BCUT2D eigenvalue weighted by atomic mass is 9.92. The molecule has 2 fully saturated rings. The first-order valence-electron chi connectivity index (χ1n) is 7.70. The third kappa shape index (κ3) is 3.05. The van der Waals surface area contributed by atoms with E-state index in [1.54, 1.807) is 0 Å². The Morgan fingerprint density at radius 2 is 2.10 bits per heavy atom. The molecule has 0 aromatic carbocycles. The molecule has 0 amide bonds. The van der Waals surface area contributed by atoms with Crippen LogP contribution in [0.3, 0.4) is 0 Å². The van der Waals surface area contributed by atoms with E-state index in [-0.39, 0.29) is 5.79 Å². The van der Waals surface area contributed by atoms with Gasteiger partial charge in [-0.25, -0.2) is 4.98 Å². The van der Waals surface area contributed by atoms with Gasteiger partial charge in [-0.05, 0) is 19.3 Å². The Morgan fingerprint density at radius 1 is 1.35 bits per heavy atom. The highest BCUT2D eigenvalue weighted by atomic mass is 16.7. The summed E-state index contributed by atoms with van der Waals surface area (Å²) in [5, 5.41) is 0. The number of rotatable bonds is 5. The first kappa shape index (κ1) is 14.0. The summed E-state index contributed by atoms with van der Waals surface area (Å²) in [5.74, 6) is -0.288. The zero-order chi connectivity index (χ0) is 13.8. The highest BCUT2D eigenvalue weighted by molar-refractivity contribution is 4.96. The van der Waals surface area contributed by atoms with Crippen molar-refractivity contribution < 1.29 is 14.2 Å². The van der Waals surface area contributed by atoms with Crippen LogP contribution < -0.4 is 0 Å². The van der Waals surface area contributed by atoms with Gasteiger partial charge in [-0.3, -0.25) is 0 Å². The quantitative estimate of drug-likeness (QED) is 0.831. The third-order valence-corrected chi connectivity index (χ3v) is 4.24. The maximum Gasteiger partial charge on any atom is 0.168 e. The molecule has 112 valence electrons. The van der Waals surface area contributed by atoms with Crippen LogP contribution >= 0.6 is 0 Å². The molecule has 1 aliphatic heterocycles. The summed E-state index contributed by atoms with van der Waals surface area (Å²) in [6.07, 6.45) is 9.16. The average molecular weight is 280 g/mol. The largest absolute Gasteiger partial charge is 0.372 e. The Bertz CT molecular complexity index is 417. The van der Waals surface area contributed by atoms with Gasteiger partial charge in [-0.1, -0.05) is 6.92 Å². The summed E-state index contributed by atoms with van der Waals surface area (Å²) in [5.41, 5.74) is 1.17. The number of aryl methyl sites for hydroxylation is 1. The molecular weight excluding hydrogens is 256 g/mol. The molecular formula is C15H24N2O3. The van der Waals surface area contributed by atoms with Crippen molar-refractivity contribution in [3.8, 4) is 0 Å². The Kier molecular flexibility index (Phi) is 4.38. The van der Waals surface area contributed by atoms with E-state index >= 15 is 0 Å². The fraction of sp³-hybridized carbons (Fsp3) is 0.800. The summed E-state index contributed by atoms with van der Waals surface area (Å²) in [6.45, 7) is 5.31. The molecule has 1 aromatic heterocycles. The zero-order valence-electron chi connectivity index (χ0n) is 12.2. The second-order valence-electron chi connectivity index (χ2n) is 5.70. The molecule has 2 aliphatic rings. The van der Waals surface area contributed by atoms with E-state index in [2.05, 4.69) is 16.5 Å². The van der Waals surface area contributed by atoms with Crippen molar-refractivity contribution in [3.05, 3.63) is 18.2 Å². The third-order valence-electron chi connectivity index (χ3n) is 4.24. The summed E-state index contributed by atoms with van der Waals surface area (Å²) in [4.78, 5) is 4.21. The van der Waals surface area contributed by atoms with Crippen LogP contribution in [0.2, 0.25) is 0 Å². The minimum absolute atomic E-state index is 0.288. The fourth-order valence-corrected chi connectivity index (χ4v) is 3.10. The Morgan fingerprint density at radius 3 is 2.80 bits per heavy atom. The van der Waals surface area contributed by atoms with Crippen molar-refractivity contribution in [2.24, 2.45) is 0 Å². The lowest BCUT2D eigenvalue weighted by Crippen LogP contribution is -2.37. The number of imidazole rings is 1. The first-order valence-corrected chi connectivity index (χ1v) is 7.70. The SMILES string of the molecule is CCCn1cncc1COC1CCC2(CC1)OCCO2. The fourth-order valence-electron chi connectivity index (χ4n) is 3.10. The first-order chi connectivity index (χ1) is 9.81. The van der Waals surface area contributed by atoms with E-state index in [9.17, 15) is 0 Å². The predicted octanol–water partition coefficient (Wildman–Crippen LogP) is 2.50. The van der Waals surface area contributed by atoms with Gasteiger partial charge in [-0.2, -0.15) is 0 Å². The van der Waals surface area contributed by atoms with Crippen LogP contribution in [0.25, 0.3) is 0 Å². The lowest BCUT2D eigenvalue weighted by molar-refractivity contribution is -0.192. The van der Waals surface area contributed by atoms with Crippen molar-refractivity contribution in [3.63, 3.8) is 0 Å². The normalized spacial score (nSPS) is 22.6. The molecule has 5 nitrogen and oxygen atoms in total. The molecule has 0 unspecified atom stereocenters. The van der Waals surface area contributed by atoms with Gasteiger partial charge in [-0.15, -0.1) is 0 Å². The minimum Gasteiger partial charge on any atom is -0.372 e. The second-order valence-corrected chi connectivity index (χ2v) is 5.70. The van der Waals surface area contributed by atoms with E-state index in [1.165, 1.54) is 5.69 Å². The summed E-state index contributed by atoms with van der Waals surface area (Å²) >= 11 is 0. The Labute approximate surface area is 120 Å². The van der Waals surface area contributed by atoms with Crippen molar-refractivity contribution in [2.45, 2.75) is 64.1 Å². The van der Waals surface area contributed by atoms with E-state index in [0.29, 0.717) is 12.7 Å². The van der Waals surface area contributed by atoms with Gasteiger partial charge in [0.15, 0.2) is 5.79 Å². The number of nitrogens with zero attached hydrogens (tertiary/aromatic N) is 2. The van der Waals surface area contributed by atoms with Crippen LogP contribution in [0.5, 0.6) is 0 Å². The molecule has 5 heteroatoms. The molecule has 1 aromatic rings. The molecule has 20 heavy (non-hydrogen) atoms. The van der Waals surface area contributed by atoms with Gasteiger partial charge < -0.3 is 18.8 Å². The smallest absolute Gasteiger partial charge is 0.168 e. The van der Waals surface area contributed by atoms with Crippen LogP contribution in [-0.4, -0.2) is 34.7 Å². The van der Waals surface area contributed by atoms with E-state index in [4.69, 9.17) is 14.2 Å². The van der Waals surface area contributed by atoms with E-state index < -0.39 is 0 Å². The number of hydrogen-bond donors (Lipinski definition) is 0. The molecule has 0 radical (unpaired) electrons. The highest BCUT2D eigenvalue weighted by Gasteiger charge is 2.40. The van der Waals surface area contributed by atoms with Gasteiger partial charge >= 0.3 is 0 Å². The number of ether oxygens (including phenoxy) is 3. The Balaban J connectivity index is 1.46. The monoisotopic (exact) mass is 280 g/mol. The van der Waals surface area contributed by atoms with Gasteiger partial charge in [0.25, 0.3) is 0 Å². The van der Waals surface area contributed by atoms with Gasteiger partial charge in [0, 0.05) is 19.4 Å². The maximum atomic E-state index is 6.05. The highest BCUT2D eigenvalue weighted by Crippen LogP contribution is 2.36. The summed E-state index contributed by atoms with van der Waals surface area (Å²) in [6, 6.07) is 0. The van der Waals surface area contributed by atoms with Crippen LogP contribution in [0.1, 0.15) is 44.7 Å². The molecule has 2 heterocycles. The number of hydrogen-bond acceptors (Lipinski definition) is 4. The van der Waals surface area contributed by atoms with Gasteiger partial charge in [0.2, 0.25) is 0 Å². The van der Waals surface area contributed by atoms with Crippen molar-refractivity contribution in [1.82, 2.24) is 9.55 Å². The van der Waals surface area contributed by atoms with E-state index in [0.717, 1.165) is 51.9 Å². The van der Waals surface area contributed by atoms with Crippen molar-refractivity contribution in [1.29, 1.82) is 0 Å². The van der Waals surface area contributed by atoms with Crippen molar-refractivity contribution in [2.75, 3.05) is 13.2 Å². The summed E-state index contributed by atoms with van der Waals surface area (Å²) < 4.78 is 19.7. The van der Waals surface area contributed by atoms with Gasteiger partial charge in [0.05, 0.1) is 44.1 Å². The molecule has 1 saturated heterocycles. The standard InChI is InChI=1S/C15H24N2O3/c1-2-7-17-12-16-10-13(17)11-18-14-3-5-15(6-4-14)19-8-9-20-15/h10,12,14H,2-9,11H2,1H3. The van der Waals surface area contributed by atoms with Crippen LogP contribution in [0.15, 0.2) is 12.5 Å². The van der Waals surface area contributed by atoms with E-state index in [1.807, 2.05) is 12.5 Å². The van der Waals surface area contributed by atoms with Gasteiger partial charge in [0.1, 0.15) is 0 Å². The Hall–Kier alpha value is -0.910. The predicted molar refractivity (Wildman–Crippen MR) is 74.2 cm³/mol. The molecule has 0 N–H and O–H groups in total. The zero-order valence-corrected chi connectivity index (χ0v) is 12.2. The molecule has 1 saturated carbocycles. The molecule has 0 atom stereocenters. The molecule has 0 bridgehead atoms. The van der Waals surface area contributed by atoms with Crippen LogP contribution in [0.4, 0.5) is 0 Å². The van der Waals surface area contributed by atoms with Crippen LogP contribution in [0, 0.1) is 0 Å². The minimum atomic E-state index is -0.288. The average Bonchev–Trinajstić information content (AvgIpc) is 3.09. The second kappa shape index (κ2) is 6.24. The van der Waals surface area contributed by atoms with Crippen molar-refractivity contribution >= 4 is 0 Å². The lowest BCUT2D eigenvalue weighted by Gasteiger charge is -2.35. The molecule has 1 aliphatic carbocycles. The molecule has 3 rings (SSSR count). The molecule has 1 spiro atoms. The maximum absolute atomic E-state index is 6.05. The topological polar surface area (TPSA) is 45.5 Å². The number of aromatic nitrogens is 2. The van der Waals surface area contributed by atoms with Crippen LogP contribution in [-0.2, 0) is 27.4 Å². The summed E-state index contributed by atoms with van der Waals surface area (Å²) in [7, 11) is 0.